The summed E-state index contributed by atoms with van der Waals surface area (Å²) in [5.74, 6) is 1.14. The van der Waals surface area contributed by atoms with E-state index in [1.807, 2.05) is 19.1 Å². The van der Waals surface area contributed by atoms with E-state index in [9.17, 15) is 0 Å². The fourth-order valence-electron chi connectivity index (χ4n) is 0.478. The third kappa shape index (κ3) is 6.12. The van der Waals surface area contributed by atoms with Crippen molar-refractivity contribution in [2.24, 2.45) is 5.92 Å². The van der Waals surface area contributed by atoms with E-state index in [1.165, 1.54) is 0 Å². The molecule has 0 saturated carbocycles. The molecule has 10 heavy (non-hydrogen) atoms. The number of ether oxygens (including phenoxy) is 1. The Labute approximate surface area is 68.0 Å². The van der Waals surface area contributed by atoms with Gasteiger partial charge in [-0.3, -0.25) is 0 Å². The molecule has 0 heterocycles. The molecule has 0 aromatic carbocycles. The Hall–Kier alpha value is -0.0100. The second-order valence-electron chi connectivity index (χ2n) is 2.37. The van der Waals surface area contributed by atoms with Crippen molar-refractivity contribution in [3.05, 3.63) is 12.2 Å². The summed E-state index contributed by atoms with van der Waals surface area (Å²) in [5.41, 5.74) is 0. The van der Waals surface area contributed by atoms with Gasteiger partial charge in [0.25, 0.3) is 0 Å². The van der Waals surface area contributed by atoms with Crippen LogP contribution in [0.2, 0.25) is 0 Å². The molecule has 1 nitrogen and oxygen atoms in total. The molecule has 0 N–H and O–H groups in total. The van der Waals surface area contributed by atoms with Crippen LogP contribution in [0.25, 0.3) is 0 Å². The van der Waals surface area contributed by atoms with Gasteiger partial charge in [-0.1, -0.05) is 19.1 Å². The molecular formula is C8H15ClO. The van der Waals surface area contributed by atoms with E-state index < -0.39 is 0 Å². The maximum absolute atomic E-state index is 5.57. The zero-order valence-corrected chi connectivity index (χ0v) is 7.40. The first kappa shape index (κ1) is 9.99. The van der Waals surface area contributed by atoms with Crippen LogP contribution in [-0.2, 0) is 4.74 Å². The Kier molecular flexibility index (Phi) is 7.09. The zero-order valence-electron chi connectivity index (χ0n) is 6.64. The number of rotatable bonds is 5. The van der Waals surface area contributed by atoms with E-state index in [0.29, 0.717) is 18.4 Å². The van der Waals surface area contributed by atoms with Crippen LogP contribution in [0.1, 0.15) is 13.8 Å². The lowest BCUT2D eigenvalue weighted by molar-refractivity contribution is 0.136. The van der Waals surface area contributed by atoms with Gasteiger partial charge in [0.15, 0.2) is 0 Å². The predicted octanol–water partition coefficient (Wildman–Crippen LogP) is 2.45. The lowest BCUT2D eigenvalue weighted by Crippen LogP contribution is -2.06. The van der Waals surface area contributed by atoms with Gasteiger partial charge < -0.3 is 4.74 Å². The van der Waals surface area contributed by atoms with Crippen LogP contribution in [0, 0.1) is 5.92 Å². The first-order valence-corrected chi connectivity index (χ1v) is 4.09. The van der Waals surface area contributed by atoms with Crippen molar-refractivity contribution in [1.29, 1.82) is 0 Å². The average Bonchev–Trinajstić information content (AvgIpc) is 1.98. The molecule has 0 aliphatic heterocycles. The summed E-state index contributed by atoms with van der Waals surface area (Å²) in [6.07, 6.45) is 3.96. The molecule has 0 aliphatic carbocycles. The number of hydrogen-bond acceptors (Lipinski definition) is 1. The molecule has 0 fully saturated rings. The minimum Gasteiger partial charge on any atom is -0.377 e. The first-order chi connectivity index (χ1) is 4.81. The van der Waals surface area contributed by atoms with Crippen LogP contribution in [-0.4, -0.2) is 19.1 Å². The van der Waals surface area contributed by atoms with Gasteiger partial charge in [0.2, 0.25) is 0 Å². The fraction of sp³-hybridized carbons (Fsp3) is 0.750. The summed E-state index contributed by atoms with van der Waals surface area (Å²) in [5, 5.41) is 0. The van der Waals surface area contributed by atoms with Crippen LogP contribution in [0.5, 0.6) is 0 Å². The molecular weight excluding hydrogens is 148 g/mol. The molecule has 0 saturated heterocycles. The van der Waals surface area contributed by atoms with Crippen molar-refractivity contribution >= 4 is 11.6 Å². The lowest BCUT2D eigenvalue weighted by Gasteiger charge is -2.05. The molecule has 0 aromatic rings. The molecule has 0 rings (SSSR count). The largest absolute Gasteiger partial charge is 0.377 e. The molecule has 0 aliphatic rings. The molecule has 2 heteroatoms. The summed E-state index contributed by atoms with van der Waals surface area (Å²) in [6.45, 7) is 5.52. The van der Waals surface area contributed by atoms with E-state index in [1.54, 1.807) is 0 Å². The smallest absolute Gasteiger partial charge is 0.0647 e. The highest BCUT2D eigenvalue weighted by Gasteiger charge is 1.96. The molecule has 1 atom stereocenters. The topological polar surface area (TPSA) is 9.23 Å². The van der Waals surface area contributed by atoms with Crippen molar-refractivity contribution < 1.29 is 4.74 Å². The van der Waals surface area contributed by atoms with Crippen molar-refractivity contribution in [1.82, 2.24) is 0 Å². The van der Waals surface area contributed by atoms with Gasteiger partial charge in [-0.2, -0.15) is 0 Å². The van der Waals surface area contributed by atoms with Crippen LogP contribution >= 0.6 is 11.6 Å². The Bertz CT molecular complexity index is 91.3. The van der Waals surface area contributed by atoms with Crippen molar-refractivity contribution in [3.8, 4) is 0 Å². The maximum Gasteiger partial charge on any atom is 0.0647 e. The molecule has 1 unspecified atom stereocenters. The molecule has 60 valence electrons. The number of halogens is 1. The first-order valence-electron chi connectivity index (χ1n) is 3.56. The van der Waals surface area contributed by atoms with Crippen LogP contribution in [0.15, 0.2) is 12.2 Å². The van der Waals surface area contributed by atoms with E-state index >= 15 is 0 Å². The van der Waals surface area contributed by atoms with Gasteiger partial charge in [0.05, 0.1) is 13.2 Å². The average molecular weight is 163 g/mol. The second kappa shape index (κ2) is 7.10. The van der Waals surface area contributed by atoms with Gasteiger partial charge in [0, 0.05) is 5.88 Å². The van der Waals surface area contributed by atoms with Crippen LogP contribution < -0.4 is 0 Å². The number of alkyl halides is 1. The molecule has 0 aromatic heterocycles. The van der Waals surface area contributed by atoms with Gasteiger partial charge in [-0.25, -0.2) is 0 Å². The monoisotopic (exact) mass is 162 g/mol. The number of hydrogen-bond donors (Lipinski definition) is 0. The SMILES string of the molecule is CC=CCOCC(C)CCl. The summed E-state index contributed by atoms with van der Waals surface area (Å²) >= 11 is 5.57. The highest BCUT2D eigenvalue weighted by atomic mass is 35.5. The van der Waals surface area contributed by atoms with Gasteiger partial charge in [-0.05, 0) is 12.8 Å². The molecule has 0 amide bonds. The fourth-order valence-corrected chi connectivity index (χ4v) is 0.567. The molecule has 0 bridgehead atoms. The van der Waals surface area contributed by atoms with Gasteiger partial charge >= 0.3 is 0 Å². The van der Waals surface area contributed by atoms with E-state index in [-0.39, 0.29) is 0 Å². The predicted molar refractivity (Wildman–Crippen MR) is 45.5 cm³/mol. The summed E-state index contributed by atoms with van der Waals surface area (Å²) < 4.78 is 5.26. The Morgan fingerprint density at radius 3 is 2.80 bits per heavy atom. The molecule has 0 spiro atoms. The highest BCUT2D eigenvalue weighted by Crippen LogP contribution is 1.97. The van der Waals surface area contributed by atoms with Crippen molar-refractivity contribution in [3.63, 3.8) is 0 Å². The van der Waals surface area contributed by atoms with E-state index in [0.717, 1.165) is 6.61 Å². The van der Waals surface area contributed by atoms with Crippen LogP contribution in [0.3, 0.4) is 0 Å². The second-order valence-corrected chi connectivity index (χ2v) is 2.67. The summed E-state index contributed by atoms with van der Waals surface area (Å²) in [7, 11) is 0. The van der Waals surface area contributed by atoms with E-state index in [4.69, 9.17) is 16.3 Å². The number of allylic oxidation sites excluding steroid dienone is 1. The highest BCUT2D eigenvalue weighted by molar-refractivity contribution is 6.18. The van der Waals surface area contributed by atoms with Crippen molar-refractivity contribution in [2.45, 2.75) is 13.8 Å². The summed E-state index contributed by atoms with van der Waals surface area (Å²) in [6, 6.07) is 0. The summed E-state index contributed by atoms with van der Waals surface area (Å²) in [4.78, 5) is 0. The molecule has 0 radical (unpaired) electrons. The van der Waals surface area contributed by atoms with Crippen LogP contribution in [0.4, 0.5) is 0 Å². The quantitative estimate of drug-likeness (QED) is 0.343. The zero-order chi connectivity index (χ0) is 7.82. The lowest BCUT2D eigenvalue weighted by atomic mass is 10.2. The standard InChI is InChI=1S/C8H15ClO/c1-3-4-5-10-7-8(2)6-9/h3-4,8H,5-7H2,1-2H3. The minimum atomic E-state index is 0.465. The third-order valence-corrected chi connectivity index (χ3v) is 1.64. The Balaban J connectivity index is 3.03. The van der Waals surface area contributed by atoms with Crippen molar-refractivity contribution in [2.75, 3.05) is 19.1 Å². The normalized spacial score (nSPS) is 14.3. The Morgan fingerprint density at radius 2 is 2.30 bits per heavy atom. The maximum atomic E-state index is 5.57. The third-order valence-electron chi connectivity index (χ3n) is 1.12. The van der Waals surface area contributed by atoms with Gasteiger partial charge in [-0.15, -0.1) is 11.6 Å². The minimum absolute atomic E-state index is 0.465. The van der Waals surface area contributed by atoms with Gasteiger partial charge in [0.1, 0.15) is 0 Å². The Morgan fingerprint density at radius 1 is 1.60 bits per heavy atom. The van der Waals surface area contributed by atoms with E-state index in [2.05, 4.69) is 6.92 Å².